The van der Waals surface area contributed by atoms with Gasteiger partial charge in [0.1, 0.15) is 0 Å². The summed E-state index contributed by atoms with van der Waals surface area (Å²) in [5.41, 5.74) is 1.61. The van der Waals surface area contributed by atoms with Crippen molar-refractivity contribution in [1.82, 2.24) is 15.5 Å². The summed E-state index contributed by atoms with van der Waals surface area (Å²) in [6.45, 7) is 2.10. The number of para-hydroxylation sites is 1. The predicted molar refractivity (Wildman–Crippen MR) is 79.2 cm³/mol. The number of anilines is 1. The van der Waals surface area contributed by atoms with Crippen LogP contribution in [-0.2, 0) is 9.53 Å². The Morgan fingerprint density at radius 3 is 3.20 bits per heavy atom. The Morgan fingerprint density at radius 1 is 1.50 bits per heavy atom. The van der Waals surface area contributed by atoms with E-state index in [9.17, 15) is 4.79 Å². The molecule has 1 atom stereocenters. The van der Waals surface area contributed by atoms with Crippen LogP contribution < -0.4 is 10.6 Å². The lowest BCUT2D eigenvalue weighted by Crippen LogP contribution is -2.43. The standard InChI is InChI=1S/C13H16N4O2.ClH/c18-12(6-10-8-19-5-4-14-10)16-11-3-1-2-9-7-15-17-13(9)11;/h1-3,7,10,14H,4-6,8H2,(H,15,17)(H,16,18);1H. The first-order valence-electron chi connectivity index (χ1n) is 6.36. The number of fused-ring (bicyclic) bond motifs is 1. The molecule has 1 amide bonds. The topological polar surface area (TPSA) is 79.0 Å². The van der Waals surface area contributed by atoms with E-state index < -0.39 is 0 Å². The molecular formula is C13H17ClN4O2. The van der Waals surface area contributed by atoms with Gasteiger partial charge in [0.15, 0.2) is 0 Å². The third-order valence-electron chi connectivity index (χ3n) is 3.18. The molecule has 0 saturated carbocycles. The minimum absolute atomic E-state index is 0. The fourth-order valence-electron chi connectivity index (χ4n) is 2.25. The molecule has 1 saturated heterocycles. The molecule has 2 heterocycles. The Labute approximate surface area is 122 Å². The first kappa shape index (κ1) is 14.8. The number of H-pyrrole nitrogens is 1. The van der Waals surface area contributed by atoms with Gasteiger partial charge in [0, 0.05) is 24.4 Å². The van der Waals surface area contributed by atoms with Gasteiger partial charge in [-0.1, -0.05) is 12.1 Å². The van der Waals surface area contributed by atoms with Gasteiger partial charge in [0.25, 0.3) is 0 Å². The van der Waals surface area contributed by atoms with E-state index in [0.717, 1.165) is 23.1 Å². The number of nitrogens with zero attached hydrogens (tertiary/aromatic N) is 1. The Hall–Kier alpha value is -1.63. The number of carbonyl (C=O) groups excluding carboxylic acids is 1. The van der Waals surface area contributed by atoms with Crippen LogP contribution in [0.3, 0.4) is 0 Å². The lowest BCUT2D eigenvalue weighted by molar-refractivity contribution is -0.117. The van der Waals surface area contributed by atoms with Crippen molar-refractivity contribution in [2.45, 2.75) is 12.5 Å². The largest absolute Gasteiger partial charge is 0.378 e. The summed E-state index contributed by atoms with van der Waals surface area (Å²) in [5.74, 6) is -0.0231. The van der Waals surface area contributed by atoms with Gasteiger partial charge in [-0.15, -0.1) is 12.4 Å². The van der Waals surface area contributed by atoms with Crippen LogP contribution in [0.25, 0.3) is 10.9 Å². The van der Waals surface area contributed by atoms with Crippen molar-refractivity contribution in [3.63, 3.8) is 0 Å². The van der Waals surface area contributed by atoms with Gasteiger partial charge in [-0.2, -0.15) is 5.10 Å². The van der Waals surface area contributed by atoms with E-state index in [0.29, 0.717) is 19.6 Å². The van der Waals surface area contributed by atoms with Crippen molar-refractivity contribution in [2.24, 2.45) is 0 Å². The molecule has 7 heteroatoms. The van der Waals surface area contributed by atoms with Crippen molar-refractivity contribution < 1.29 is 9.53 Å². The van der Waals surface area contributed by atoms with Crippen LogP contribution >= 0.6 is 12.4 Å². The van der Waals surface area contributed by atoms with Crippen LogP contribution in [-0.4, -0.2) is 41.9 Å². The van der Waals surface area contributed by atoms with Crippen molar-refractivity contribution in [3.05, 3.63) is 24.4 Å². The van der Waals surface area contributed by atoms with Gasteiger partial charge in [-0.25, -0.2) is 0 Å². The molecule has 0 aliphatic carbocycles. The average molecular weight is 297 g/mol. The molecule has 3 N–H and O–H groups in total. The number of aromatic nitrogens is 2. The molecule has 1 aliphatic heterocycles. The van der Waals surface area contributed by atoms with Crippen molar-refractivity contribution in [1.29, 1.82) is 0 Å². The quantitative estimate of drug-likeness (QED) is 0.798. The van der Waals surface area contributed by atoms with Crippen LogP contribution in [0.15, 0.2) is 24.4 Å². The van der Waals surface area contributed by atoms with Crippen LogP contribution in [0.5, 0.6) is 0 Å². The highest BCUT2D eigenvalue weighted by Gasteiger charge is 2.17. The van der Waals surface area contributed by atoms with Gasteiger partial charge < -0.3 is 15.4 Å². The highest BCUT2D eigenvalue weighted by atomic mass is 35.5. The second-order valence-electron chi connectivity index (χ2n) is 4.62. The summed E-state index contributed by atoms with van der Waals surface area (Å²) < 4.78 is 5.33. The predicted octanol–water partition coefficient (Wildman–Crippen LogP) is 1.30. The minimum Gasteiger partial charge on any atom is -0.378 e. The van der Waals surface area contributed by atoms with E-state index in [1.54, 1.807) is 6.20 Å². The monoisotopic (exact) mass is 296 g/mol. The number of hydrogen-bond donors (Lipinski definition) is 3. The normalized spacial score (nSPS) is 18.5. The summed E-state index contributed by atoms with van der Waals surface area (Å²) >= 11 is 0. The summed E-state index contributed by atoms with van der Waals surface area (Å²) in [4.78, 5) is 12.0. The maximum Gasteiger partial charge on any atom is 0.226 e. The maximum absolute atomic E-state index is 12.0. The van der Waals surface area contributed by atoms with E-state index in [1.165, 1.54) is 0 Å². The van der Waals surface area contributed by atoms with Crippen molar-refractivity contribution in [2.75, 3.05) is 25.1 Å². The number of carbonyl (C=O) groups is 1. The number of aromatic amines is 1. The second-order valence-corrected chi connectivity index (χ2v) is 4.62. The molecule has 20 heavy (non-hydrogen) atoms. The number of nitrogens with one attached hydrogen (secondary N) is 3. The van der Waals surface area contributed by atoms with Gasteiger partial charge >= 0.3 is 0 Å². The highest BCUT2D eigenvalue weighted by molar-refractivity contribution is 6.00. The first-order valence-corrected chi connectivity index (χ1v) is 6.36. The van der Waals surface area contributed by atoms with Crippen molar-refractivity contribution >= 4 is 34.9 Å². The third kappa shape index (κ3) is 3.27. The first-order chi connectivity index (χ1) is 9.33. The van der Waals surface area contributed by atoms with Crippen LogP contribution in [0.2, 0.25) is 0 Å². The van der Waals surface area contributed by atoms with Crippen molar-refractivity contribution in [3.8, 4) is 0 Å². The summed E-state index contributed by atoms with van der Waals surface area (Å²) in [6, 6.07) is 5.80. The van der Waals surface area contributed by atoms with Gasteiger partial charge in [-0.3, -0.25) is 9.89 Å². The SMILES string of the molecule is Cl.O=C(CC1COCCN1)Nc1cccc2cn[nH]c12. The smallest absolute Gasteiger partial charge is 0.226 e. The fourth-order valence-corrected chi connectivity index (χ4v) is 2.25. The Bertz CT molecular complexity index is 581. The van der Waals surface area contributed by atoms with Crippen LogP contribution in [0.4, 0.5) is 5.69 Å². The zero-order valence-electron chi connectivity index (χ0n) is 10.9. The molecule has 3 rings (SSSR count). The highest BCUT2D eigenvalue weighted by Crippen LogP contribution is 2.20. The summed E-state index contributed by atoms with van der Waals surface area (Å²) in [7, 11) is 0. The molecule has 2 aromatic rings. The lowest BCUT2D eigenvalue weighted by Gasteiger charge is -2.23. The molecule has 6 nitrogen and oxygen atoms in total. The lowest BCUT2D eigenvalue weighted by atomic mass is 10.1. The number of benzene rings is 1. The number of hydrogen-bond acceptors (Lipinski definition) is 4. The molecule has 1 fully saturated rings. The number of morpholine rings is 1. The Morgan fingerprint density at radius 2 is 2.40 bits per heavy atom. The molecule has 0 spiro atoms. The maximum atomic E-state index is 12.0. The van der Waals surface area contributed by atoms with Gasteiger partial charge in [0.2, 0.25) is 5.91 Å². The minimum atomic E-state index is -0.0231. The average Bonchev–Trinajstić information content (AvgIpc) is 2.89. The third-order valence-corrected chi connectivity index (χ3v) is 3.18. The number of rotatable bonds is 3. The van der Waals surface area contributed by atoms with Crippen LogP contribution in [0.1, 0.15) is 6.42 Å². The van der Waals surface area contributed by atoms with E-state index in [-0.39, 0.29) is 24.4 Å². The fraction of sp³-hybridized carbons (Fsp3) is 0.385. The van der Waals surface area contributed by atoms with E-state index >= 15 is 0 Å². The molecule has 108 valence electrons. The summed E-state index contributed by atoms with van der Waals surface area (Å²) in [6.07, 6.45) is 2.14. The number of ether oxygens (including phenoxy) is 1. The molecule has 0 bridgehead atoms. The van der Waals surface area contributed by atoms with Crippen LogP contribution in [0, 0.1) is 0 Å². The summed E-state index contributed by atoms with van der Waals surface area (Å²) in [5, 5.41) is 14.0. The molecule has 1 aliphatic rings. The zero-order chi connectivity index (χ0) is 13.1. The number of amides is 1. The van der Waals surface area contributed by atoms with E-state index in [1.807, 2.05) is 18.2 Å². The molecule has 1 unspecified atom stereocenters. The molecule has 1 aromatic carbocycles. The molecular weight excluding hydrogens is 280 g/mol. The van der Waals surface area contributed by atoms with E-state index in [4.69, 9.17) is 4.74 Å². The zero-order valence-corrected chi connectivity index (χ0v) is 11.7. The van der Waals surface area contributed by atoms with E-state index in [2.05, 4.69) is 20.8 Å². The molecule has 1 aromatic heterocycles. The second kappa shape index (κ2) is 6.69. The number of halogens is 1. The Kier molecular flexibility index (Phi) is 4.94. The Balaban J connectivity index is 0.00000147. The van der Waals surface area contributed by atoms with Gasteiger partial charge in [-0.05, 0) is 6.07 Å². The van der Waals surface area contributed by atoms with Gasteiger partial charge in [0.05, 0.1) is 30.6 Å². The molecule has 0 radical (unpaired) electrons.